The van der Waals surface area contributed by atoms with Gasteiger partial charge in [0.2, 0.25) is 0 Å². The molecule has 0 saturated carbocycles. The van der Waals surface area contributed by atoms with Crippen LogP contribution in [0.1, 0.15) is 18.9 Å². The van der Waals surface area contributed by atoms with E-state index in [9.17, 15) is 4.39 Å². The van der Waals surface area contributed by atoms with Crippen molar-refractivity contribution in [2.75, 3.05) is 11.9 Å². The van der Waals surface area contributed by atoms with Crippen molar-refractivity contribution in [3.8, 4) is 0 Å². The molecule has 0 aliphatic heterocycles. The first-order chi connectivity index (χ1) is 7.54. The van der Waals surface area contributed by atoms with E-state index in [2.05, 4.69) is 33.5 Å². The molecule has 0 heterocycles. The molecule has 0 spiro atoms. The number of thiocarbonyl (C=S) groups is 1. The molecule has 2 nitrogen and oxygen atoms in total. The number of rotatable bonds is 3. The van der Waals surface area contributed by atoms with Gasteiger partial charge in [-0.3, -0.25) is 0 Å². The number of benzene rings is 1. The van der Waals surface area contributed by atoms with E-state index in [4.69, 9.17) is 12.2 Å². The molecular formula is C11H14BrFN2S. The molecule has 0 saturated heterocycles. The maximum atomic E-state index is 13.3. The van der Waals surface area contributed by atoms with Crippen molar-refractivity contribution in [1.29, 1.82) is 0 Å². The summed E-state index contributed by atoms with van der Waals surface area (Å²) in [6, 6.07) is 3.15. The molecule has 1 aromatic carbocycles. The Labute approximate surface area is 109 Å². The van der Waals surface area contributed by atoms with Crippen molar-refractivity contribution in [1.82, 2.24) is 5.32 Å². The summed E-state index contributed by atoms with van der Waals surface area (Å²) >= 11 is 8.22. The Morgan fingerprint density at radius 2 is 2.19 bits per heavy atom. The summed E-state index contributed by atoms with van der Waals surface area (Å²) < 4.78 is 13.8. The van der Waals surface area contributed by atoms with Crippen LogP contribution < -0.4 is 10.6 Å². The Balaban J connectivity index is 2.73. The molecule has 0 aliphatic rings. The van der Waals surface area contributed by atoms with E-state index in [-0.39, 0.29) is 5.82 Å². The van der Waals surface area contributed by atoms with E-state index in [0.29, 0.717) is 15.3 Å². The van der Waals surface area contributed by atoms with Crippen LogP contribution in [0, 0.1) is 12.7 Å². The van der Waals surface area contributed by atoms with Crippen LogP contribution in [0.2, 0.25) is 0 Å². The summed E-state index contributed by atoms with van der Waals surface area (Å²) in [7, 11) is 0. The molecule has 1 aromatic rings. The highest BCUT2D eigenvalue weighted by atomic mass is 79.9. The standard InChI is InChI=1S/C11H14BrFN2S/c1-3-4-14-11(16)15-10-6-9(13)8(12)5-7(10)2/h5-6H,3-4H2,1-2H3,(H2,14,15,16). The number of aryl methyl sites for hydroxylation is 1. The fourth-order valence-electron chi connectivity index (χ4n) is 1.19. The fourth-order valence-corrected chi connectivity index (χ4v) is 1.86. The van der Waals surface area contributed by atoms with Crippen LogP contribution in [0.3, 0.4) is 0 Å². The molecule has 16 heavy (non-hydrogen) atoms. The Bertz CT molecular complexity index is 396. The molecule has 5 heteroatoms. The molecule has 0 aliphatic carbocycles. The predicted molar refractivity (Wildman–Crippen MR) is 73.4 cm³/mol. The zero-order chi connectivity index (χ0) is 12.1. The maximum absolute atomic E-state index is 13.3. The summed E-state index contributed by atoms with van der Waals surface area (Å²) in [5.41, 5.74) is 1.63. The Hall–Kier alpha value is -0.680. The van der Waals surface area contributed by atoms with Crippen molar-refractivity contribution in [2.45, 2.75) is 20.3 Å². The highest BCUT2D eigenvalue weighted by Crippen LogP contribution is 2.23. The van der Waals surface area contributed by atoms with Crippen LogP contribution in [0.15, 0.2) is 16.6 Å². The van der Waals surface area contributed by atoms with Gasteiger partial charge < -0.3 is 10.6 Å². The van der Waals surface area contributed by atoms with Gasteiger partial charge in [0.1, 0.15) is 5.82 Å². The van der Waals surface area contributed by atoms with Crippen LogP contribution in [0.4, 0.5) is 10.1 Å². The molecule has 0 atom stereocenters. The summed E-state index contributed by atoms with van der Waals surface area (Å²) in [5.74, 6) is -0.300. The molecule has 1 rings (SSSR count). The number of hydrogen-bond acceptors (Lipinski definition) is 1. The van der Waals surface area contributed by atoms with E-state index in [0.717, 1.165) is 18.5 Å². The van der Waals surface area contributed by atoms with Gasteiger partial charge in [-0.2, -0.15) is 0 Å². The summed E-state index contributed by atoms with van der Waals surface area (Å²) in [6.07, 6.45) is 0.996. The third-order valence-electron chi connectivity index (χ3n) is 2.05. The topological polar surface area (TPSA) is 24.1 Å². The van der Waals surface area contributed by atoms with E-state index in [1.54, 1.807) is 6.07 Å². The fraction of sp³-hybridized carbons (Fsp3) is 0.364. The first-order valence-corrected chi connectivity index (χ1v) is 6.25. The Kier molecular flexibility index (Phi) is 5.15. The third-order valence-corrected chi connectivity index (χ3v) is 2.91. The minimum absolute atomic E-state index is 0.300. The number of hydrogen-bond donors (Lipinski definition) is 2. The monoisotopic (exact) mass is 304 g/mol. The summed E-state index contributed by atoms with van der Waals surface area (Å²) in [4.78, 5) is 0. The zero-order valence-corrected chi connectivity index (χ0v) is 11.6. The normalized spacial score (nSPS) is 10.0. The number of halogens is 2. The van der Waals surface area contributed by atoms with Crippen molar-refractivity contribution in [3.63, 3.8) is 0 Å². The minimum Gasteiger partial charge on any atom is -0.362 e. The van der Waals surface area contributed by atoms with Gasteiger partial charge >= 0.3 is 0 Å². The van der Waals surface area contributed by atoms with Gasteiger partial charge in [0.05, 0.1) is 4.47 Å². The van der Waals surface area contributed by atoms with E-state index < -0.39 is 0 Å². The SMILES string of the molecule is CCCNC(=S)Nc1cc(F)c(Br)cc1C. The predicted octanol–water partition coefficient (Wildman–Crippen LogP) is 3.59. The van der Waals surface area contributed by atoms with Gasteiger partial charge in [0.25, 0.3) is 0 Å². The van der Waals surface area contributed by atoms with Gasteiger partial charge in [-0.25, -0.2) is 4.39 Å². The quantitative estimate of drug-likeness (QED) is 0.835. The zero-order valence-electron chi connectivity index (χ0n) is 9.23. The van der Waals surface area contributed by atoms with Crippen LogP contribution in [0.25, 0.3) is 0 Å². The molecule has 2 N–H and O–H groups in total. The second-order valence-corrected chi connectivity index (χ2v) is 4.72. The van der Waals surface area contributed by atoms with Gasteiger partial charge in [-0.1, -0.05) is 6.92 Å². The summed E-state index contributed by atoms with van der Waals surface area (Å²) in [6.45, 7) is 4.76. The molecule has 0 unspecified atom stereocenters. The smallest absolute Gasteiger partial charge is 0.170 e. The van der Waals surface area contributed by atoms with Crippen molar-refractivity contribution in [2.24, 2.45) is 0 Å². The van der Waals surface area contributed by atoms with E-state index in [1.165, 1.54) is 6.07 Å². The molecule has 0 fully saturated rings. The Morgan fingerprint density at radius 1 is 1.50 bits per heavy atom. The number of nitrogens with one attached hydrogen (secondary N) is 2. The second-order valence-electron chi connectivity index (χ2n) is 3.46. The van der Waals surface area contributed by atoms with Gasteiger partial charge in [0, 0.05) is 12.2 Å². The first-order valence-electron chi connectivity index (χ1n) is 5.05. The lowest BCUT2D eigenvalue weighted by Crippen LogP contribution is -2.29. The largest absolute Gasteiger partial charge is 0.362 e. The lowest BCUT2D eigenvalue weighted by molar-refractivity contribution is 0.621. The van der Waals surface area contributed by atoms with E-state index in [1.807, 2.05) is 6.92 Å². The molecule has 0 bridgehead atoms. The van der Waals surface area contributed by atoms with Crippen LogP contribution in [-0.2, 0) is 0 Å². The minimum atomic E-state index is -0.300. The van der Waals surface area contributed by atoms with Gasteiger partial charge in [-0.15, -0.1) is 0 Å². The average Bonchev–Trinajstić information content (AvgIpc) is 2.23. The third kappa shape index (κ3) is 3.72. The van der Waals surface area contributed by atoms with Crippen molar-refractivity contribution in [3.05, 3.63) is 28.0 Å². The van der Waals surface area contributed by atoms with Gasteiger partial charge in [0.15, 0.2) is 5.11 Å². The molecular weight excluding hydrogens is 291 g/mol. The van der Waals surface area contributed by atoms with Crippen LogP contribution >= 0.6 is 28.1 Å². The van der Waals surface area contributed by atoms with E-state index >= 15 is 0 Å². The lowest BCUT2D eigenvalue weighted by Gasteiger charge is -2.12. The van der Waals surface area contributed by atoms with Crippen LogP contribution in [0.5, 0.6) is 0 Å². The lowest BCUT2D eigenvalue weighted by atomic mass is 10.2. The summed E-state index contributed by atoms with van der Waals surface area (Å²) in [5, 5.41) is 6.52. The van der Waals surface area contributed by atoms with Crippen molar-refractivity contribution >= 4 is 38.9 Å². The first kappa shape index (κ1) is 13.4. The Morgan fingerprint density at radius 3 is 2.81 bits per heavy atom. The number of anilines is 1. The molecule has 88 valence electrons. The molecule has 0 radical (unpaired) electrons. The highest BCUT2D eigenvalue weighted by Gasteiger charge is 2.06. The van der Waals surface area contributed by atoms with Crippen molar-refractivity contribution < 1.29 is 4.39 Å². The van der Waals surface area contributed by atoms with Crippen LogP contribution in [-0.4, -0.2) is 11.7 Å². The molecule has 0 amide bonds. The highest BCUT2D eigenvalue weighted by molar-refractivity contribution is 9.10. The molecule has 0 aromatic heterocycles. The second kappa shape index (κ2) is 6.15. The van der Waals surface area contributed by atoms with Gasteiger partial charge in [-0.05, 0) is 59.2 Å². The maximum Gasteiger partial charge on any atom is 0.170 e. The average molecular weight is 305 g/mol.